The van der Waals surface area contributed by atoms with E-state index in [0.29, 0.717) is 13.0 Å². The number of esters is 1. The van der Waals surface area contributed by atoms with Crippen LogP contribution in [0.1, 0.15) is 33.6 Å². The van der Waals surface area contributed by atoms with E-state index in [4.69, 9.17) is 10.00 Å². The van der Waals surface area contributed by atoms with Gasteiger partial charge in [0.15, 0.2) is 0 Å². The molecule has 1 unspecified atom stereocenters. The number of nitrogens with zero attached hydrogens (tertiary/aromatic N) is 1. The van der Waals surface area contributed by atoms with Crippen LogP contribution in [0.15, 0.2) is 0 Å². The summed E-state index contributed by atoms with van der Waals surface area (Å²) in [6.07, 6.45) is 2.70. The highest BCUT2D eigenvalue weighted by atomic mass is 16.6. The first-order chi connectivity index (χ1) is 6.10. The number of carbonyl (C=O) groups is 1. The van der Waals surface area contributed by atoms with Gasteiger partial charge in [-0.25, -0.2) is 4.79 Å². The quantitative estimate of drug-likeness (QED) is 0.482. The van der Waals surface area contributed by atoms with Crippen molar-refractivity contribution >= 4 is 5.97 Å². The SMILES string of the molecule is CCCOC(=O)C(C)(CC)OC#N. The van der Waals surface area contributed by atoms with Gasteiger partial charge in [-0.1, -0.05) is 13.8 Å². The Balaban J connectivity index is 4.22. The number of rotatable bonds is 5. The Hall–Kier alpha value is -1.24. The number of carbonyl (C=O) groups excluding carboxylic acids is 1. The molecule has 4 heteroatoms. The van der Waals surface area contributed by atoms with E-state index in [1.165, 1.54) is 6.26 Å². The van der Waals surface area contributed by atoms with Gasteiger partial charge in [-0.3, -0.25) is 0 Å². The summed E-state index contributed by atoms with van der Waals surface area (Å²) in [5.74, 6) is -0.474. The monoisotopic (exact) mass is 185 g/mol. The van der Waals surface area contributed by atoms with E-state index in [1.807, 2.05) is 6.92 Å². The predicted octanol–water partition coefficient (Wildman–Crippen LogP) is 1.61. The van der Waals surface area contributed by atoms with Crippen molar-refractivity contribution in [1.82, 2.24) is 0 Å². The molecule has 0 heterocycles. The van der Waals surface area contributed by atoms with Crippen LogP contribution in [0.4, 0.5) is 0 Å². The second-order valence-electron chi connectivity index (χ2n) is 2.91. The maximum Gasteiger partial charge on any atom is 0.351 e. The minimum atomic E-state index is -1.12. The van der Waals surface area contributed by atoms with Gasteiger partial charge in [0.2, 0.25) is 5.60 Å². The number of nitriles is 1. The van der Waals surface area contributed by atoms with Crippen LogP contribution >= 0.6 is 0 Å². The summed E-state index contributed by atoms with van der Waals surface area (Å²) in [5.41, 5.74) is -1.12. The highest BCUT2D eigenvalue weighted by molar-refractivity contribution is 5.79. The van der Waals surface area contributed by atoms with Gasteiger partial charge in [0.25, 0.3) is 6.26 Å². The molecule has 1 atom stereocenters. The lowest BCUT2D eigenvalue weighted by atomic mass is 10.0. The van der Waals surface area contributed by atoms with Crippen molar-refractivity contribution in [3.05, 3.63) is 0 Å². The molecule has 0 radical (unpaired) electrons. The summed E-state index contributed by atoms with van der Waals surface area (Å²) in [5, 5.41) is 8.33. The van der Waals surface area contributed by atoms with Crippen LogP contribution in [-0.4, -0.2) is 18.2 Å². The van der Waals surface area contributed by atoms with Gasteiger partial charge in [-0.05, 0) is 19.8 Å². The maximum atomic E-state index is 11.3. The zero-order chi connectivity index (χ0) is 10.3. The van der Waals surface area contributed by atoms with E-state index < -0.39 is 11.6 Å². The molecular formula is C9H15NO3. The molecule has 74 valence electrons. The molecule has 0 aliphatic rings. The van der Waals surface area contributed by atoms with Gasteiger partial charge in [-0.2, -0.15) is 5.26 Å². The summed E-state index contributed by atoms with van der Waals surface area (Å²) in [6, 6.07) is 0. The number of hydrogen-bond acceptors (Lipinski definition) is 4. The lowest BCUT2D eigenvalue weighted by Crippen LogP contribution is -2.38. The number of hydrogen-bond donors (Lipinski definition) is 0. The van der Waals surface area contributed by atoms with Crippen molar-refractivity contribution in [2.24, 2.45) is 0 Å². The first kappa shape index (κ1) is 11.8. The zero-order valence-corrected chi connectivity index (χ0v) is 8.29. The van der Waals surface area contributed by atoms with Crippen LogP contribution < -0.4 is 0 Å². The van der Waals surface area contributed by atoms with E-state index in [9.17, 15) is 4.79 Å². The lowest BCUT2D eigenvalue weighted by Gasteiger charge is -2.22. The van der Waals surface area contributed by atoms with E-state index in [1.54, 1.807) is 13.8 Å². The molecule has 13 heavy (non-hydrogen) atoms. The third-order valence-corrected chi connectivity index (χ3v) is 1.81. The van der Waals surface area contributed by atoms with Crippen LogP contribution in [0.5, 0.6) is 0 Å². The van der Waals surface area contributed by atoms with Gasteiger partial charge in [-0.15, -0.1) is 0 Å². The van der Waals surface area contributed by atoms with Crippen molar-refractivity contribution in [2.75, 3.05) is 6.61 Å². The smallest absolute Gasteiger partial charge is 0.351 e. The fourth-order valence-corrected chi connectivity index (χ4v) is 0.706. The highest BCUT2D eigenvalue weighted by Crippen LogP contribution is 2.16. The first-order valence-corrected chi connectivity index (χ1v) is 4.35. The maximum absolute atomic E-state index is 11.3. The summed E-state index contributed by atoms with van der Waals surface area (Å²) < 4.78 is 9.55. The molecule has 4 nitrogen and oxygen atoms in total. The Labute approximate surface area is 78.4 Å². The Bertz CT molecular complexity index is 209. The molecule has 0 aliphatic heterocycles. The molecule has 0 aromatic carbocycles. The highest BCUT2D eigenvalue weighted by Gasteiger charge is 2.35. The Morgan fingerprint density at radius 2 is 2.15 bits per heavy atom. The average Bonchev–Trinajstić information content (AvgIpc) is 2.14. The van der Waals surface area contributed by atoms with Crippen LogP contribution in [0.2, 0.25) is 0 Å². The van der Waals surface area contributed by atoms with Gasteiger partial charge in [0.05, 0.1) is 6.61 Å². The third-order valence-electron chi connectivity index (χ3n) is 1.81. The average molecular weight is 185 g/mol. The van der Waals surface area contributed by atoms with Gasteiger partial charge in [0, 0.05) is 0 Å². The standard InChI is InChI=1S/C9H15NO3/c1-4-6-12-8(11)9(3,5-2)13-7-10/h4-6H2,1-3H3. The van der Waals surface area contributed by atoms with Crippen molar-refractivity contribution in [2.45, 2.75) is 39.2 Å². The molecule has 0 rings (SSSR count). The summed E-state index contributed by atoms with van der Waals surface area (Å²) in [6.45, 7) is 5.59. The van der Waals surface area contributed by atoms with Gasteiger partial charge < -0.3 is 9.47 Å². The van der Waals surface area contributed by atoms with Crippen molar-refractivity contribution in [1.29, 1.82) is 5.26 Å². The summed E-state index contributed by atoms with van der Waals surface area (Å²) in [7, 11) is 0. The predicted molar refractivity (Wildman–Crippen MR) is 46.6 cm³/mol. The van der Waals surface area contributed by atoms with E-state index in [-0.39, 0.29) is 0 Å². The Kier molecular flexibility index (Phi) is 4.90. The van der Waals surface area contributed by atoms with Crippen LogP contribution in [-0.2, 0) is 14.3 Å². The second-order valence-corrected chi connectivity index (χ2v) is 2.91. The van der Waals surface area contributed by atoms with Crippen molar-refractivity contribution in [3.63, 3.8) is 0 Å². The van der Waals surface area contributed by atoms with E-state index in [0.717, 1.165) is 6.42 Å². The lowest BCUT2D eigenvalue weighted by molar-refractivity contribution is -0.163. The third kappa shape index (κ3) is 3.32. The van der Waals surface area contributed by atoms with Crippen molar-refractivity contribution in [3.8, 4) is 6.26 Å². The summed E-state index contributed by atoms with van der Waals surface area (Å²) in [4.78, 5) is 11.3. The normalized spacial score (nSPS) is 14.0. The minimum Gasteiger partial charge on any atom is -0.463 e. The molecule has 0 aliphatic carbocycles. The molecule has 0 fully saturated rings. The molecular weight excluding hydrogens is 170 g/mol. The number of ether oxygens (including phenoxy) is 2. The Morgan fingerprint density at radius 3 is 2.54 bits per heavy atom. The van der Waals surface area contributed by atoms with E-state index >= 15 is 0 Å². The molecule has 0 saturated heterocycles. The van der Waals surface area contributed by atoms with Gasteiger partial charge in [0.1, 0.15) is 0 Å². The first-order valence-electron chi connectivity index (χ1n) is 4.35. The molecule has 0 saturated carbocycles. The van der Waals surface area contributed by atoms with Crippen LogP contribution in [0.25, 0.3) is 0 Å². The topological polar surface area (TPSA) is 59.3 Å². The molecule has 0 spiro atoms. The largest absolute Gasteiger partial charge is 0.463 e. The summed E-state index contributed by atoms with van der Waals surface area (Å²) >= 11 is 0. The van der Waals surface area contributed by atoms with Crippen molar-refractivity contribution < 1.29 is 14.3 Å². The molecule has 0 N–H and O–H groups in total. The van der Waals surface area contributed by atoms with Gasteiger partial charge >= 0.3 is 5.97 Å². The van der Waals surface area contributed by atoms with Crippen LogP contribution in [0.3, 0.4) is 0 Å². The fraction of sp³-hybridized carbons (Fsp3) is 0.778. The molecule has 0 aromatic heterocycles. The Morgan fingerprint density at radius 1 is 1.54 bits per heavy atom. The van der Waals surface area contributed by atoms with Crippen LogP contribution in [0, 0.1) is 11.5 Å². The van der Waals surface area contributed by atoms with E-state index in [2.05, 4.69) is 4.74 Å². The minimum absolute atomic E-state index is 0.364. The zero-order valence-electron chi connectivity index (χ0n) is 8.29. The molecule has 0 bridgehead atoms. The molecule has 0 amide bonds. The molecule has 0 aromatic rings. The fourth-order valence-electron chi connectivity index (χ4n) is 0.706. The second kappa shape index (κ2) is 5.41.